The molecule has 0 atom stereocenters. The number of benzene rings is 1. The van der Waals surface area contributed by atoms with E-state index < -0.39 is 23.2 Å². The van der Waals surface area contributed by atoms with Crippen molar-refractivity contribution in [2.45, 2.75) is 38.9 Å². The van der Waals surface area contributed by atoms with Crippen molar-refractivity contribution in [2.75, 3.05) is 26.2 Å². The number of piperazine rings is 1. The van der Waals surface area contributed by atoms with E-state index >= 15 is 0 Å². The van der Waals surface area contributed by atoms with Gasteiger partial charge in [-0.3, -0.25) is 9.69 Å². The van der Waals surface area contributed by atoms with Crippen LogP contribution in [0.5, 0.6) is 0 Å². The molecular formula is C23H24Cl2F3N5O. The molecule has 1 aliphatic heterocycles. The summed E-state index contributed by atoms with van der Waals surface area (Å²) in [5.74, 6) is -0.425. The molecule has 0 saturated carbocycles. The summed E-state index contributed by atoms with van der Waals surface area (Å²) in [6, 6.07) is 7.65. The number of aromatic nitrogens is 3. The molecule has 1 fully saturated rings. The fraction of sp³-hybridized carbons (Fsp3) is 0.435. The quantitative estimate of drug-likeness (QED) is 0.476. The van der Waals surface area contributed by atoms with Crippen molar-refractivity contribution >= 4 is 34.8 Å². The van der Waals surface area contributed by atoms with E-state index in [4.69, 9.17) is 23.2 Å². The minimum absolute atomic E-state index is 0.00454. The molecule has 3 heterocycles. The van der Waals surface area contributed by atoms with E-state index in [9.17, 15) is 18.0 Å². The van der Waals surface area contributed by atoms with Crippen LogP contribution in [0.2, 0.25) is 10.0 Å². The van der Waals surface area contributed by atoms with Gasteiger partial charge in [-0.2, -0.15) is 18.3 Å². The minimum Gasteiger partial charge on any atom is -0.335 e. The third kappa shape index (κ3) is 5.01. The maximum atomic E-state index is 13.7. The van der Waals surface area contributed by atoms with Crippen LogP contribution in [0.15, 0.2) is 30.3 Å². The zero-order valence-electron chi connectivity index (χ0n) is 19.0. The number of nitrogens with zero attached hydrogens (tertiary/aromatic N) is 5. The van der Waals surface area contributed by atoms with Gasteiger partial charge in [0.05, 0.1) is 5.69 Å². The molecule has 2 aromatic heterocycles. The van der Waals surface area contributed by atoms with Gasteiger partial charge in [-0.25, -0.2) is 9.50 Å². The third-order valence-corrected chi connectivity index (χ3v) is 6.52. The first-order valence-electron chi connectivity index (χ1n) is 10.8. The average molecular weight is 514 g/mol. The highest BCUT2D eigenvalue weighted by molar-refractivity contribution is 6.35. The summed E-state index contributed by atoms with van der Waals surface area (Å²) in [4.78, 5) is 21.1. The van der Waals surface area contributed by atoms with Crippen LogP contribution in [0, 0.1) is 0 Å². The molecule has 1 aromatic carbocycles. The lowest BCUT2D eigenvalue weighted by Crippen LogP contribution is -2.48. The lowest BCUT2D eigenvalue weighted by Gasteiger charge is -2.34. The number of halogens is 5. The van der Waals surface area contributed by atoms with Crippen molar-refractivity contribution < 1.29 is 18.0 Å². The fourth-order valence-electron chi connectivity index (χ4n) is 3.84. The van der Waals surface area contributed by atoms with E-state index in [1.54, 1.807) is 43.9 Å². The molecule has 4 rings (SSSR count). The van der Waals surface area contributed by atoms with E-state index in [1.807, 2.05) is 0 Å². The van der Waals surface area contributed by atoms with Gasteiger partial charge in [0.1, 0.15) is 5.69 Å². The molecule has 6 nitrogen and oxygen atoms in total. The number of rotatable bonds is 3. The second-order valence-electron chi connectivity index (χ2n) is 9.34. The Balaban J connectivity index is 1.53. The van der Waals surface area contributed by atoms with E-state index in [0.29, 0.717) is 47.3 Å². The van der Waals surface area contributed by atoms with Crippen molar-refractivity contribution in [3.05, 3.63) is 63.0 Å². The number of hydrogen-bond donors (Lipinski definition) is 0. The molecule has 11 heteroatoms. The maximum absolute atomic E-state index is 13.7. The molecule has 0 spiro atoms. The largest absolute Gasteiger partial charge is 0.433 e. The molecule has 182 valence electrons. The van der Waals surface area contributed by atoms with Gasteiger partial charge in [0.25, 0.3) is 5.91 Å². The molecule has 0 unspecified atom stereocenters. The van der Waals surface area contributed by atoms with Crippen molar-refractivity contribution in [3.8, 4) is 0 Å². The smallest absolute Gasteiger partial charge is 0.335 e. The van der Waals surface area contributed by atoms with E-state index in [2.05, 4.69) is 15.0 Å². The molecule has 0 N–H and O–H groups in total. The first-order valence-corrected chi connectivity index (χ1v) is 11.5. The van der Waals surface area contributed by atoms with Gasteiger partial charge < -0.3 is 4.90 Å². The monoisotopic (exact) mass is 513 g/mol. The van der Waals surface area contributed by atoms with Gasteiger partial charge in [-0.15, -0.1) is 0 Å². The molecule has 0 bridgehead atoms. The summed E-state index contributed by atoms with van der Waals surface area (Å²) in [6.45, 7) is 7.84. The van der Waals surface area contributed by atoms with E-state index in [1.165, 1.54) is 6.07 Å². The highest BCUT2D eigenvalue weighted by Crippen LogP contribution is 2.33. The van der Waals surface area contributed by atoms with Crippen molar-refractivity contribution in [3.63, 3.8) is 0 Å². The van der Waals surface area contributed by atoms with Crippen LogP contribution in [0.4, 0.5) is 13.2 Å². The van der Waals surface area contributed by atoms with E-state index in [-0.39, 0.29) is 17.0 Å². The third-order valence-electron chi connectivity index (χ3n) is 5.81. The molecule has 34 heavy (non-hydrogen) atoms. The standard InChI is InChI=1S/C23H24Cl2F3N5O/c1-22(2,3)18-12-19(23(26,27)28)33-20(29-18)11-17(30-33)21(34)32-9-7-31(8-10-32)13-14-15(24)5-4-6-16(14)25/h4-6,11-12H,7-10,13H2,1-3H3. The molecule has 3 aromatic rings. The lowest BCUT2D eigenvalue weighted by molar-refractivity contribution is -0.142. The second kappa shape index (κ2) is 9.02. The molecule has 0 radical (unpaired) electrons. The SMILES string of the molecule is CC(C)(C)c1cc(C(F)(F)F)n2nc(C(=O)N3CCN(Cc4c(Cl)cccc4Cl)CC3)cc2n1. The minimum atomic E-state index is -4.64. The molecule has 0 aliphatic carbocycles. The van der Waals surface area contributed by atoms with Crippen LogP contribution in [0.1, 0.15) is 48.2 Å². The number of amides is 1. The Morgan fingerprint density at radius 2 is 1.65 bits per heavy atom. The molecule has 1 saturated heterocycles. The highest BCUT2D eigenvalue weighted by atomic mass is 35.5. The number of alkyl halides is 3. The molecule has 1 amide bonds. The van der Waals surface area contributed by atoms with Crippen LogP contribution in [0.3, 0.4) is 0 Å². The Labute approximate surface area is 205 Å². The van der Waals surface area contributed by atoms with E-state index in [0.717, 1.165) is 11.6 Å². The van der Waals surface area contributed by atoms with Crippen LogP contribution >= 0.6 is 23.2 Å². The highest BCUT2D eigenvalue weighted by Gasteiger charge is 2.37. The Hall–Kier alpha value is -2.36. The van der Waals surface area contributed by atoms with Crippen molar-refractivity contribution in [1.29, 1.82) is 0 Å². The van der Waals surface area contributed by atoms with Crippen molar-refractivity contribution in [1.82, 2.24) is 24.4 Å². The summed E-state index contributed by atoms with van der Waals surface area (Å²) >= 11 is 12.5. The number of hydrogen-bond acceptors (Lipinski definition) is 4. The second-order valence-corrected chi connectivity index (χ2v) is 10.2. The van der Waals surface area contributed by atoms with Gasteiger partial charge in [0, 0.05) is 59.8 Å². The van der Waals surface area contributed by atoms with Crippen molar-refractivity contribution in [2.24, 2.45) is 0 Å². The number of carbonyl (C=O) groups is 1. The van der Waals surface area contributed by atoms with Gasteiger partial charge in [0.15, 0.2) is 11.3 Å². The zero-order valence-corrected chi connectivity index (χ0v) is 20.5. The van der Waals surface area contributed by atoms with Crippen LogP contribution in [-0.2, 0) is 18.1 Å². The maximum Gasteiger partial charge on any atom is 0.433 e. The summed E-state index contributed by atoms with van der Waals surface area (Å²) in [7, 11) is 0. The van der Waals surface area contributed by atoms with Crippen LogP contribution in [0.25, 0.3) is 5.65 Å². The summed E-state index contributed by atoms with van der Waals surface area (Å²) in [6.07, 6.45) is -4.64. The first-order chi connectivity index (χ1) is 15.8. The zero-order chi connectivity index (χ0) is 24.8. The number of carbonyl (C=O) groups excluding carboxylic acids is 1. The molecule has 1 aliphatic rings. The van der Waals surface area contributed by atoms with Gasteiger partial charge in [-0.05, 0) is 18.2 Å². The molecular weight excluding hydrogens is 490 g/mol. The van der Waals surface area contributed by atoms with Crippen LogP contribution < -0.4 is 0 Å². The predicted molar refractivity (Wildman–Crippen MR) is 124 cm³/mol. The topological polar surface area (TPSA) is 53.7 Å². The number of fused-ring (bicyclic) bond motifs is 1. The van der Waals surface area contributed by atoms with Gasteiger partial charge in [0.2, 0.25) is 0 Å². The fourth-order valence-corrected chi connectivity index (χ4v) is 4.36. The summed E-state index contributed by atoms with van der Waals surface area (Å²) in [5, 5.41) is 5.15. The Morgan fingerprint density at radius 3 is 2.21 bits per heavy atom. The Morgan fingerprint density at radius 1 is 1.03 bits per heavy atom. The van der Waals surface area contributed by atoms with Crippen LogP contribution in [-0.4, -0.2) is 56.5 Å². The average Bonchev–Trinajstić information content (AvgIpc) is 3.18. The normalized spacial score (nSPS) is 15.8. The Kier molecular flexibility index (Phi) is 6.56. The lowest BCUT2D eigenvalue weighted by atomic mass is 9.91. The van der Waals surface area contributed by atoms with Gasteiger partial charge >= 0.3 is 6.18 Å². The van der Waals surface area contributed by atoms with Gasteiger partial charge in [-0.1, -0.05) is 50.0 Å². The summed E-state index contributed by atoms with van der Waals surface area (Å²) < 4.78 is 41.9. The first kappa shape index (κ1) is 24.8. The Bertz CT molecular complexity index is 1210. The predicted octanol–water partition coefficient (Wildman–Crippen LogP) is 5.31. The summed E-state index contributed by atoms with van der Waals surface area (Å²) in [5.41, 5.74) is -0.522.